The zero-order valence-electron chi connectivity index (χ0n) is 16.5. The molecule has 1 aliphatic rings. The van der Waals surface area contributed by atoms with Crippen LogP contribution in [0.2, 0.25) is 0 Å². The Morgan fingerprint density at radius 3 is 2.79 bits per heavy atom. The molecule has 1 aliphatic heterocycles. The molecule has 2 aromatic heterocycles. The van der Waals surface area contributed by atoms with Crippen molar-refractivity contribution in [3.05, 3.63) is 47.0 Å². The van der Waals surface area contributed by atoms with Crippen LogP contribution in [-0.4, -0.2) is 37.0 Å². The topological polar surface area (TPSA) is 103 Å². The molecule has 1 fully saturated rings. The van der Waals surface area contributed by atoms with Crippen molar-refractivity contribution in [1.29, 1.82) is 0 Å². The number of esters is 1. The van der Waals surface area contributed by atoms with Crippen LogP contribution in [0.15, 0.2) is 38.1 Å². The minimum Gasteiger partial charge on any atom is -0.460 e. The van der Waals surface area contributed by atoms with E-state index in [0.717, 1.165) is 6.42 Å². The monoisotopic (exact) mass is 418 g/mol. The van der Waals surface area contributed by atoms with Gasteiger partial charge in [-0.2, -0.15) is 4.31 Å². The van der Waals surface area contributed by atoms with Gasteiger partial charge in [-0.05, 0) is 51.8 Å². The van der Waals surface area contributed by atoms with Gasteiger partial charge in [0.15, 0.2) is 0 Å². The summed E-state index contributed by atoms with van der Waals surface area (Å²) in [6.07, 6.45) is 1.43. The third-order valence-corrected chi connectivity index (χ3v) is 7.07. The predicted octanol–water partition coefficient (Wildman–Crippen LogP) is 3.74. The maximum absolute atomic E-state index is 13.4. The Morgan fingerprint density at radius 2 is 2.10 bits per heavy atom. The minimum atomic E-state index is -3.76. The summed E-state index contributed by atoms with van der Waals surface area (Å²) in [5.74, 6) is 0.173. The van der Waals surface area contributed by atoms with Crippen LogP contribution in [0.25, 0.3) is 11.0 Å². The van der Waals surface area contributed by atoms with Gasteiger partial charge in [-0.3, -0.25) is 0 Å². The molecule has 9 heteroatoms. The maximum atomic E-state index is 13.4. The summed E-state index contributed by atoms with van der Waals surface area (Å²) in [5.41, 5.74) is 1.61. The van der Waals surface area contributed by atoms with E-state index < -0.39 is 16.0 Å². The fourth-order valence-electron chi connectivity index (χ4n) is 3.75. The number of aromatic nitrogens is 1. The lowest BCUT2D eigenvalue weighted by atomic mass is 10.1. The van der Waals surface area contributed by atoms with Crippen LogP contribution in [0.5, 0.6) is 0 Å². The first-order valence-corrected chi connectivity index (χ1v) is 10.9. The first kappa shape index (κ1) is 19.7. The molecule has 0 aliphatic carbocycles. The second-order valence-electron chi connectivity index (χ2n) is 7.07. The Balaban J connectivity index is 1.73. The van der Waals surface area contributed by atoms with Gasteiger partial charge in [0.1, 0.15) is 17.0 Å². The first-order valence-electron chi connectivity index (χ1n) is 9.48. The van der Waals surface area contributed by atoms with Gasteiger partial charge in [0.2, 0.25) is 15.8 Å². The van der Waals surface area contributed by atoms with Crippen molar-refractivity contribution in [2.45, 2.75) is 44.6 Å². The number of furan rings is 1. The van der Waals surface area contributed by atoms with Crippen LogP contribution in [0.3, 0.4) is 0 Å². The Hall–Kier alpha value is -2.65. The summed E-state index contributed by atoms with van der Waals surface area (Å²) < 4.78 is 43.9. The molecular formula is C20H22N2O6S. The van der Waals surface area contributed by atoms with E-state index in [1.807, 2.05) is 0 Å². The number of fused-ring (bicyclic) bond motifs is 1. The smallest absolute Gasteiger partial charge is 0.374 e. The quantitative estimate of drug-likeness (QED) is 0.582. The molecule has 0 spiro atoms. The SMILES string of the molecule is CCOC(=O)c1oc2ccc(S(=O)(=O)N3CCCC3c3cc(C)on3)cc2c1C. The van der Waals surface area contributed by atoms with E-state index in [4.69, 9.17) is 13.7 Å². The molecule has 4 rings (SSSR count). The van der Waals surface area contributed by atoms with Crippen LogP contribution in [0.4, 0.5) is 0 Å². The van der Waals surface area contributed by atoms with Gasteiger partial charge in [-0.1, -0.05) is 5.16 Å². The summed E-state index contributed by atoms with van der Waals surface area (Å²) in [6, 6.07) is 6.04. The van der Waals surface area contributed by atoms with Gasteiger partial charge in [0.25, 0.3) is 0 Å². The molecular weight excluding hydrogens is 396 g/mol. The van der Waals surface area contributed by atoms with E-state index in [1.165, 1.54) is 10.4 Å². The number of carbonyl (C=O) groups is 1. The lowest BCUT2D eigenvalue weighted by Gasteiger charge is -2.22. The Morgan fingerprint density at radius 1 is 1.31 bits per heavy atom. The zero-order chi connectivity index (χ0) is 20.8. The summed E-state index contributed by atoms with van der Waals surface area (Å²) in [5, 5.41) is 4.58. The van der Waals surface area contributed by atoms with E-state index >= 15 is 0 Å². The van der Waals surface area contributed by atoms with Crippen LogP contribution >= 0.6 is 0 Å². The normalized spacial score (nSPS) is 17.8. The van der Waals surface area contributed by atoms with Crippen molar-refractivity contribution < 1.29 is 26.9 Å². The van der Waals surface area contributed by atoms with E-state index in [2.05, 4.69) is 5.16 Å². The van der Waals surface area contributed by atoms with E-state index in [9.17, 15) is 13.2 Å². The molecule has 3 heterocycles. The van der Waals surface area contributed by atoms with Crippen molar-refractivity contribution in [1.82, 2.24) is 9.46 Å². The number of aryl methyl sites for hydroxylation is 2. The number of rotatable bonds is 5. The summed E-state index contributed by atoms with van der Waals surface area (Å²) in [4.78, 5) is 12.2. The Kier molecular flexibility index (Phi) is 4.95. The Bertz CT molecular complexity index is 1180. The minimum absolute atomic E-state index is 0.0912. The Labute approximate surface area is 168 Å². The second kappa shape index (κ2) is 7.31. The molecule has 1 unspecified atom stereocenters. The van der Waals surface area contributed by atoms with Crippen LogP contribution in [0.1, 0.15) is 53.4 Å². The van der Waals surface area contributed by atoms with Crippen LogP contribution < -0.4 is 0 Å². The van der Waals surface area contributed by atoms with Crippen molar-refractivity contribution in [2.75, 3.05) is 13.2 Å². The van der Waals surface area contributed by atoms with Gasteiger partial charge in [0.05, 0.1) is 17.5 Å². The number of hydrogen-bond acceptors (Lipinski definition) is 7. The van der Waals surface area contributed by atoms with Crippen molar-refractivity contribution in [3.63, 3.8) is 0 Å². The molecule has 8 nitrogen and oxygen atoms in total. The van der Waals surface area contributed by atoms with Gasteiger partial charge < -0.3 is 13.7 Å². The number of benzene rings is 1. The molecule has 0 radical (unpaired) electrons. The highest BCUT2D eigenvalue weighted by Gasteiger charge is 2.38. The van der Waals surface area contributed by atoms with Gasteiger partial charge in [-0.25, -0.2) is 13.2 Å². The number of carbonyl (C=O) groups excluding carboxylic acids is 1. The number of hydrogen-bond donors (Lipinski definition) is 0. The molecule has 0 bridgehead atoms. The molecule has 0 saturated carbocycles. The molecule has 154 valence electrons. The summed E-state index contributed by atoms with van der Waals surface area (Å²) in [7, 11) is -3.76. The average Bonchev–Trinajstić information content (AvgIpc) is 3.40. The number of sulfonamides is 1. The largest absolute Gasteiger partial charge is 0.460 e. The molecule has 1 aromatic carbocycles. The molecule has 29 heavy (non-hydrogen) atoms. The third kappa shape index (κ3) is 3.34. The van der Waals surface area contributed by atoms with E-state index in [-0.39, 0.29) is 23.3 Å². The average molecular weight is 418 g/mol. The molecule has 0 amide bonds. The standard InChI is InChI=1S/C20H22N2O6S/c1-4-26-20(23)19-13(3)15-11-14(7-8-18(15)27-19)29(24,25)22-9-5-6-17(22)16-10-12(2)28-21-16/h7-8,10-11,17H,4-6,9H2,1-3H3. The fourth-order valence-corrected chi connectivity index (χ4v) is 5.45. The second-order valence-corrected chi connectivity index (χ2v) is 8.96. The van der Waals surface area contributed by atoms with Crippen molar-refractivity contribution >= 4 is 27.0 Å². The highest BCUT2D eigenvalue weighted by molar-refractivity contribution is 7.89. The highest BCUT2D eigenvalue weighted by atomic mass is 32.2. The fraction of sp³-hybridized carbons (Fsp3) is 0.400. The third-order valence-electron chi connectivity index (χ3n) is 5.17. The summed E-state index contributed by atoms with van der Waals surface area (Å²) >= 11 is 0. The van der Waals surface area contributed by atoms with Crippen molar-refractivity contribution in [2.24, 2.45) is 0 Å². The van der Waals surface area contributed by atoms with Crippen LogP contribution in [0, 0.1) is 13.8 Å². The maximum Gasteiger partial charge on any atom is 0.374 e. The molecule has 0 N–H and O–H groups in total. The molecule has 1 atom stereocenters. The van der Waals surface area contributed by atoms with Gasteiger partial charge >= 0.3 is 5.97 Å². The number of nitrogens with zero attached hydrogens (tertiary/aromatic N) is 2. The van der Waals surface area contributed by atoms with Crippen LogP contribution in [-0.2, 0) is 14.8 Å². The number of ether oxygens (including phenoxy) is 1. The van der Waals surface area contributed by atoms with Gasteiger partial charge in [0, 0.05) is 23.6 Å². The van der Waals surface area contributed by atoms with Gasteiger partial charge in [-0.15, -0.1) is 0 Å². The predicted molar refractivity (Wildman–Crippen MR) is 104 cm³/mol. The van der Waals surface area contributed by atoms with E-state index in [1.54, 1.807) is 39.0 Å². The van der Waals surface area contributed by atoms with E-state index in [0.29, 0.717) is 41.0 Å². The summed E-state index contributed by atoms with van der Waals surface area (Å²) in [6.45, 7) is 5.85. The lowest BCUT2D eigenvalue weighted by molar-refractivity contribution is 0.0491. The molecule has 3 aromatic rings. The lowest BCUT2D eigenvalue weighted by Crippen LogP contribution is -2.30. The first-order chi connectivity index (χ1) is 13.8. The molecule has 1 saturated heterocycles. The van der Waals surface area contributed by atoms with Crippen molar-refractivity contribution in [3.8, 4) is 0 Å². The zero-order valence-corrected chi connectivity index (χ0v) is 17.3. The highest BCUT2D eigenvalue weighted by Crippen LogP contribution is 2.37.